The van der Waals surface area contributed by atoms with Crippen molar-refractivity contribution >= 4 is 39.3 Å². The summed E-state index contributed by atoms with van der Waals surface area (Å²) in [4.78, 5) is 8.23. The number of halogens is 1. The molecule has 0 radical (unpaired) electrons. The van der Waals surface area contributed by atoms with Gasteiger partial charge in [-0.15, -0.1) is 0 Å². The molecule has 100 valence electrons. The molecule has 0 spiro atoms. The average Bonchev–Trinajstić information content (AvgIpc) is 2.98. The first-order valence-corrected chi connectivity index (χ1v) is 7.23. The Morgan fingerprint density at radius 2 is 2.15 bits per heavy atom. The molecule has 0 fully saturated rings. The number of fused-ring (bicyclic) bond motifs is 5. The van der Waals surface area contributed by atoms with Gasteiger partial charge in [-0.2, -0.15) is 0 Å². The molecule has 3 nitrogen and oxygen atoms in total. The van der Waals surface area contributed by atoms with Gasteiger partial charge in [0.2, 0.25) is 0 Å². The molecular formula is C16H14ClN3. The third-order valence-corrected chi connectivity index (χ3v) is 4.07. The number of nitrogens with one attached hydrogen (secondary N) is 1. The number of benzene rings is 1. The van der Waals surface area contributed by atoms with Gasteiger partial charge in [0, 0.05) is 11.6 Å². The monoisotopic (exact) mass is 283 g/mol. The van der Waals surface area contributed by atoms with Gasteiger partial charge in [0.1, 0.15) is 11.2 Å². The molecule has 4 aromatic rings. The zero-order valence-corrected chi connectivity index (χ0v) is 11.9. The molecule has 3 heterocycles. The Hall–Kier alpha value is -2.00. The maximum Gasteiger partial charge on any atom is 0.157 e. The standard InChI is InChI=1S/C16H14ClN3/c1-2-5-10-6-3-7-11-13(10)18-16-14(11)19-15-12(17)8-4-9-20(15)16/h3-4,6-9,18H,2,5H2,1H3. The van der Waals surface area contributed by atoms with Crippen LogP contribution in [0.15, 0.2) is 36.5 Å². The van der Waals surface area contributed by atoms with E-state index in [2.05, 4.69) is 30.1 Å². The second-order valence-corrected chi connectivity index (χ2v) is 5.48. The Bertz CT molecular complexity index is 933. The number of H-pyrrole nitrogens is 1. The molecular weight excluding hydrogens is 270 g/mol. The number of aromatic amines is 1. The fraction of sp³-hybridized carbons (Fsp3) is 0.188. The SMILES string of the molecule is CCCc1cccc2c1[nH]c1c2nc2c(Cl)cccn21. The van der Waals surface area contributed by atoms with Crippen LogP contribution in [-0.4, -0.2) is 14.4 Å². The predicted octanol–water partition coefficient (Wildman–Crippen LogP) is 4.57. The van der Waals surface area contributed by atoms with Crippen LogP contribution in [0.4, 0.5) is 0 Å². The summed E-state index contributed by atoms with van der Waals surface area (Å²) in [5, 5.41) is 1.85. The molecule has 0 aliphatic carbocycles. The normalized spacial score (nSPS) is 11.9. The molecule has 4 heteroatoms. The Labute approximate surface area is 121 Å². The first kappa shape index (κ1) is 11.8. The van der Waals surface area contributed by atoms with Crippen LogP contribution in [0.1, 0.15) is 18.9 Å². The van der Waals surface area contributed by atoms with Crippen LogP contribution in [0.25, 0.3) is 27.7 Å². The summed E-state index contributed by atoms with van der Waals surface area (Å²) in [6.07, 6.45) is 4.20. The highest BCUT2D eigenvalue weighted by molar-refractivity contribution is 6.33. The van der Waals surface area contributed by atoms with Gasteiger partial charge in [0.05, 0.1) is 10.5 Å². The van der Waals surface area contributed by atoms with Crippen molar-refractivity contribution < 1.29 is 0 Å². The Morgan fingerprint density at radius 1 is 1.25 bits per heavy atom. The maximum absolute atomic E-state index is 6.22. The van der Waals surface area contributed by atoms with Crippen LogP contribution in [0.5, 0.6) is 0 Å². The van der Waals surface area contributed by atoms with Gasteiger partial charge in [-0.05, 0) is 24.1 Å². The van der Waals surface area contributed by atoms with E-state index in [1.165, 1.54) is 16.5 Å². The van der Waals surface area contributed by atoms with Crippen LogP contribution in [0, 0.1) is 0 Å². The average molecular weight is 284 g/mol. The number of aryl methyl sites for hydroxylation is 1. The summed E-state index contributed by atoms with van der Waals surface area (Å²) < 4.78 is 2.02. The predicted molar refractivity (Wildman–Crippen MR) is 83.6 cm³/mol. The summed E-state index contributed by atoms with van der Waals surface area (Å²) in [6.45, 7) is 2.20. The third kappa shape index (κ3) is 1.50. The van der Waals surface area contributed by atoms with E-state index >= 15 is 0 Å². The summed E-state index contributed by atoms with van der Waals surface area (Å²) in [5.74, 6) is 0. The molecule has 1 aromatic carbocycles. The molecule has 3 aromatic heterocycles. The largest absolute Gasteiger partial charge is 0.339 e. The van der Waals surface area contributed by atoms with Crippen LogP contribution in [0.2, 0.25) is 5.02 Å². The number of hydrogen-bond acceptors (Lipinski definition) is 1. The molecule has 4 rings (SSSR count). The fourth-order valence-corrected chi connectivity index (χ4v) is 3.09. The molecule has 0 amide bonds. The van der Waals surface area contributed by atoms with E-state index in [4.69, 9.17) is 16.6 Å². The molecule has 0 aliphatic rings. The Morgan fingerprint density at radius 3 is 3.00 bits per heavy atom. The van der Waals surface area contributed by atoms with Gasteiger partial charge in [-0.3, -0.25) is 4.40 Å². The molecule has 0 bridgehead atoms. The van der Waals surface area contributed by atoms with Crippen molar-refractivity contribution in [3.8, 4) is 0 Å². The first-order valence-electron chi connectivity index (χ1n) is 6.85. The van der Waals surface area contributed by atoms with Crippen molar-refractivity contribution in [2.45, 2.75) is 19.8 Å². The lowest BCUT2D eigenvalue weighted by Crippen LogP contribution is -1.87. The van der Waals surface area contributed by atoms with Crippen LogP contribution in [0.3, 0.4) is 0 Å². The molecule has 0 saturated heterocycles. The number of hydrogen-bond donors (Lipinski definition) is 1. The van der Waals surface area contributed by atoms with Crippen molar-refractivity contribution in [3.63, 3.8) is 0 Å². The van der Waals surface area contributed by atoms with E-state index in [0.29, 0.717) is 5.02 Å². The first-order chi connectivity index (χ1) is 9.79. The molecule has 0 unspecified atom stereocenters. The molecule has 20 heavy (non-hydrogen) atoms. The van der Waals surface area contributed by atoms with Crippen LogP contribution in [-0.2, 0) is 6.42 Å². The van der Waals surface area contributed by atoms with Gasteiger partial charge in [0.25, 0.3) is 0 Å². The van der Waals surface area contributed by atoms with E-state index in [1.807, 2.05) is 22.7 Å². The molecule has 0 aliphatic heterocycles. The second kappa shape index (κ2) is 4.25. The highest BCUT2D eigenvalue weighted by atomic mass is 35.5. The van der Waals surface area contributed by atoms with Crippen molar-refractivity contribution in [1.82, 2.24) is 14.4 Å². The lowest BCUT2D eigenvalue weighted by atomic mass is 10.1. The minimum absolute atomic E-state index is 0.676. The summed E-state index contributed by atoms with van der Waals surface area (Å²) in [6, 6.07) is 10.2. The minimum atomic E-state index is 0.676. The number of imidazole rings is 1. The van der Waals surface area contributed by atoms with Crippen molar-refractivity contribution in [1.29, 1.82) is 0 Å². The maximum atomic E-state index is 6.22. The van der Waals surface area contributed by atoms with Gasteiger partial charge < -0.3 is 4.98 Å². The quantitative estimate of drug-likeness (QED) is 0.574. The number of aromatic nitrogens is 3. The van der Waals surface area contributed by atoms with Gasteiger partial charge >= 0.3 is 0 Å². The molecule has 0 saturated carbocycles. The highest BCUT2D eigenvalue weighted by Crippen LogP contribution is 2.30. The highest BCUT2D eigenvalue weighted by Gasteiger charge is 2.14. The summed E-state index contributed by atoms with van der Waals surface area (Å²) in [5.41, 5.74) is 5.35. The third-order valence-electron chi connectivity index (χ3n) is 3.77. The number of rotatable bonds is 2. The van der Waals surface area contributed by atoms with Gasteiger partial charge in [-0.1, -0.05) is 43.1 Å². The van der Waals surface area contributed by atoms with E-state index in [-0.39, 0.29) is 0 Å². The molecule has 0 atom stereocenters. The van der Waals surface area contributed by atoms with Crippen molar-refractivity contribution in [2.75, 3.05) is 0 Å². The second-order valence-electron chi connectivity index (χ2n) is 5.07. The fourth-order valence-electron chi connectivity index (χ4n) is 2.88. The lowest BCUT2D eigenvalue weighted by molar-refractivity contribution is 0.927. The van der Waals surface area contributed by atoms with E-state index in [1.54, 1.807) is 0 Å². The van der Waals surface area contributed by atoms with Gasteiger partial charge in [-0.25, -0.2) is 4.98 Å². The van der Waals surface area contributed by atoms with E-state index in [0.717, 1.165) is 29.7 Å². The Balaban J connectivity index is 2.16. The zero-order valence-electron chi connectivity index (χ0n) is 11.2. The van der Waals surface area contributed by atoms with E-state index in [9.17, 15) is 0 Å². The van der Waals surface area contributed by atoms with Crippen LogP contribution < -0.4 is 0 Å². The smallest absolute Gasteiger partial charge is 0.157 e. The number of para-hydroxylation sites is 1. The van der Waals surface area contributed by atoms with Crippen molar-refractivity contribution in [2.24, 2.45) is 0 Å². The zero-order chi connectivity index (χ0) is 13.7. The van der Waals surface area contributed by atoms with Crippen molar-refractivity contribution in [3.05, 3.63) is 47.1 Å². The Kier molecular flexibility index (Phi) is 2.51. The minimum Gasteiger partial charge on any atom is -0.339 e. The topological polar surface area (TPSA) is 33.1 Å². The lowest BCUT2D eigenvalue weighted by Gasteiger charge is -2.01. The van der Waals surface area contributed by atoms with Gasteiger partial charge in [0.15, 0.2) is 5.65 Å². The number of pyridine rings is 1. The number of nitrogens with zero attached hydrogens (tertiary/aromatic N) is 2. The van der Waals surface area contributed by atoms with E-state index < -0.39 is 0 Å². The summed E-state index contributed by atoms with van der Waals surface area (Å²) >= 11 is 6.22. The van der Waals surface area contributed by atoms with Crippen LogP contribution >= 0.6 is 11.6 Å². The summed E-state index contributed by atoms with van der Waals surface area (Å²) in [7, 11) is 0. The molecule has 1 N–H and O–H groups in total.